The van der Waals surface area contributed by atoms with Crippen LogP contribution in [0.5, 0.6) is 0 Å². The monoisotopic (exact) mass is 259 g/mol. The molecule has 19 heavy (non-hydrogen) atoms. The highest BCUT2D eigenvalue weighted by molar-refractivity contribution is 5.67. The topological polar surface area (TPSA) is 58.4 Å². The lowest BCUT2D eigenvalue weighted by molar-refractivity contribution is -0.136. The van der Waals surface area contributed by atoms with Crippen molar-refractivity contribution in [1.29, 1.82) is 0 Å². The van der Waals surface area contributed by atoms with Gasteiger partial charge in [0, 0.05) is 31.7 Å². The lowest BCUT2D eigenvalue weighted by Gasteiger charge is -2.23. The number of rotatable bonds is 6. The minimum Gasteiger partial charge on any atom is -0.481 e. The number of hydrogen-bond donors (Lipinski definition) is 1. The predicted octanol–water partition coefficient (Wildman–Crippen LogP) is 1.90. The summed E-state index contributed by atoms with van der Waals surface area (Å²) in [5.41, 5.74) is 1.01. The standard InChI is InChI=1S/C14H17N3O2/c1-16-10-8-15-13(16)11-17(9-7-14(18)19)12-5-3-2-4-6-12/h2-6,8,10H,7,9,11H2,1H3,(H,18,19). The molecule has 0 aliphatic heterocycles. The van der Waals surface area contributed by atoms with E-state index in [0.29, 0.717) is 13.1 Å². The zero-order chi connectivity index (χ0) is 13.7. The fourth-order valence-corrected chi connectivity index (χ4v) is 1.89. The van der Waals surface area contributed by atoms with Gasteiger partial charge in [-0.2, -0.15) is 0 Å². The number of para-hydroxylation sites is 1. The molecule has 2 aromatic rings. The molecular formula is C14H17N3O2. The van der Waals surface area contributed by atoms with Gasteiger partial charge in [0.15, 0.2) is 0 Å². The maximum Gasteiger partial charge on any atom is 0.305 e. The first-order valence-corrected chi connectivity index (χ1v) is 6.15. The van der Waals surface area contributed by atoms with Gasteiger partial charge in [0.25, 0.3) is 0 Å². The molecule has 1 aromatic carbocycles. The summed E-state index contributed by atoms with van der Waals surface area (Å²) in [5, 5.41) is 8.84. The Morgan fingerprint density at radius 1 is 1.37 bits per heavy atom. The number of hydrogen-bond acceptors (Lipinski definition) is 3. The Balaban J connectivity index is 2.15. The van der Waals surface area contributed by atoms with Crippen LogP contribution in [0, 0.1) is 0 Å². The molecule has 0 bridgehead atoms. The molecule has 0 fully saturated rings. The van der Waals surface area contributed by atoms with Crippen LogP contribution in [0.25, 0.3) is 0 Å². The fraction of sp³-hybridized carbons (Fsp3) is 0.286. The molecule has 0 aliphatic rings. The molecule has 0 atom stereocenters. The van der Waals surface area contributed by atoms with Crippen molar-refractivity contribution in [3.63, 3.8) is 0 Å². The molecule has 5 nitrogen and oxygen atoms in total. The van der Waals surface area contributed by atoms with Crippen LogP contribution in [0.3, 0.4) is 0 Å². The summed E-state index contributed by atoms with van der Waals surface area (Å²) in [6, 6.07) is 9.79. The molecule has 5 heteroatoms. The van der Waals surface area contributed by atoms with E-state index in [1.165, 1.54) is 0 Å². The van der Waals surface area contributed by atoms with Gasteiger partial charge in [-0.15, -0.1) is 0 Å². The highest BCUT2D eigenvalue weighted by Gasteiger charge is 2.11. The molecule has 1 aromatic heterocycles. The number of imidazole rings is 1. The van der Waals surface area contributed by atoms with Crippen LogP contribution in [0.1, 0.15) is 12.2 Å². The number of carbonyl (C=O) groups is 1. The van der Waals surface area contributed by atoms with Crippen LogP contribution in [-0.4, -0.2) is 27.2 Å². The smallest absolute Gasteiger partial charge is 0.305 e. The Kier molecular flexibility index (Phi) is 4.18. The Morgan fingerprint density at radius 2 is 2.11 bits per heavy atom. The maximum absolute atomic E-state index is 10.8. The van der Waals surface area contributed by atoms with Crippen LogP contribution < -0.4 is 4.90 Å². The molecule has 0 radical (unpaired) electrons. The average molecular weight is 259 g/mol. The summed E-state index contributed by atoms with van der Waals surface area (Å²) >= 11 is 0. The van der Waals surface area contributed by atoms with Gasteiger partial charge in [0.1, 0.15) is 5.82 Å². The highest BCUT2D eigenvalue weighted by Crippen LogP contribution is 2.16. The molecule has 0 saturated carbocycles. The number of nitrogens with zero attached hydrogens (tertiary/aromatic N) is 3. The minimum absolute atomic E-state index is 0.110. The highest BCUT2D eigenvalue weighted by atomic mass is 16.4. The van der Waals surface area contributed by atoms with Crippen molar-refractivity contribution in [3.05, 3.63) is 48.5 Å². The molecule has 0 amide bonds. The molecule has 1 heterocycles. The largest absolute Gasteiger partial charge is 0.481 e. The Bertz CT molecular complexity index is 537. The number of aryl methyl sites for hydroxylation is 1. The van der Waals surface area contributed by atoms with E-state index in [9.17, 15) is 4.79 Å². The number of carboxylic acid groups (broad SMARTS) is 1. The second kappa shape index (κ2) is 6.04. The zero-order valence-electron chi connectivity index (χ0n) is 10.9. The molecule has 0 unspecified atom stereocenters. The third-order valence-corrected chi connectivity index (χ3v) is 2.97. The molecule has 0 aliphatic carbocycles. The van der Waals surface area contributed by atoms with Gasteiger partial charge in [-0.25, -0.2) is 4.98 Å². The quantitative estimate of drug-likeness (QED) is 0.860. The van der Waals surface area contributed by atoms with Crippen LogP contribution in [0.15, 0.2) is 42.7 Å². The predicted molar refractivity (Wildman–Crippen MR) is 73.0 cm³/mol. The Labute approximate surface area is 112 Å². The van der Waals surface area contributed by atoms with Gasteiger partial charge < -0.3 is 14.6 Å². The molecule has 100 valence electrons. The Morgan fingerprint density at radius 3 is 2.68 bits per heavy atom. The van der Waals surface area contributed by atoms with Crippen molar-refractivity contribution in [1.82, 2.24) is 9.55 Å². The third kappa shape index (κ3) is 3.58. The molecular weight excluding hydrogens is 242 g/mol. The van der Waals surface area contributed by atoms with Crippen molar-refractivity contribution in [2.75, 3.05) is 11.4 Å². The van der Waals surface area contributed by atoms with Crippen LogP contribution >= 0.6 is 0 Å². The van der Waals surface area contributed by atoms with Crippen LogP contribution in [0.4, 0.5) is 5.69 Å². The summed E-state index contributed by atoms with van der Waals surface area (Å²) in [6.45, 7) is 1.06. The molecule has 0 spiro atoms. The zero-order valence-corrected chi connectivity index (χ0v) is 10.9. The second-order valence-electron chi connectivity index (χ2n) is 4.36. The van der Waals surface area contributed by atoms with Crippen molar-refractivity contribution in [2.24, 2.45) is 7.05 Å². The minimum atomic E-state index is -0.791. The van der Waals surface area contributed by atoms with Gasteiger partial charge in [0.2, 0.25) is 0 Å². The van der Waals surface area contributed by atoms with E-state index in [4.69, 9.17) is 5.11 Å². The lowest BCUT2D eigenvalue weighted by Crippen LogP contribution is -2.27. The van der Waals surface area contributed by atoms with Gasteiger partial charge in [-0.1, -0.05) is 18.2 Å². The Hall–Kier alpha value is -2.30. The third-order valence-electron chi connectivity index (χ3n) is 2.97. The van der Waals surface area contributed by atoms with E-state index < -0.39 is 5.97 Å². The van der Waals surface area contributed by atoms with E-state index >= 15 is 0 Å². The average Bonchev–Trinajstić information content (AvgIpc) is 2.81. The molecule has 2 rings (SSSR count). The van der Waals surface area contributed by atoms with Crippen molar-refractivity contribution < 1.29 is 9.90 Å². The summed E-state index contributed by atoms with van der Waals surface area (Å²) < 4.78 is 1.94. The van der Waals surface area contributed by atoms with E-state index in [0.717, 1.165) is 11.5 Å². The first kappa shape index (κ1) is 13.1. The SMILES string of the molecule is Cn1ccnc1CN(CCC(=O)O)c1ccccc1. The summed E-state index contributed by atoms with van der Waals surface area (Å²) in [6.07, 6.45) is 3.74. The number of carboxylic acids is 1. The van der Waals surface area contributed by atoms with Gasteiger partial charge in [-0.05, 0) is 12.1 Å². The first-order chi connectivity index (χ1) is 9.16. The van der Waals surface area contributed by atoms with Crippen molar-refractivity contribution in [3.8, 4) is 0 Å². The summed E-state index contributed by atoms with van der Waals surface area (Å²) in [5.74, 6) is 0.120. The second-order valence-corrected chi connectivity index (χ2v) is 4.36. The lowest BCUT2D eigenvalue weighted by atomic mass is 10.2. The van der Waals surface area contributed by atoms with Gasteiger partial charge in [-0.3, -0.25) is 4.79 Å². The first-order valence-electron chi connectivity index (χ1n) is 6.15. The number of aliphatic carboxylic acids is 1. The van der Waals surface area contributed by atoms with Gasteiger partial charge in [0.05, 0.1) is 13.0 Å². The van der Waals surface area contributed by atoms with Crippen LogP contribution in [0.2, 0.25) is 0 Å². The fourth-order valence-electron chi connectivity index (χ4n) is 1.89. The molecule has 0 saturated heterocycles. The van der Waals surface area contributed by atoms with Crippen LogP contribution in [-0.2, 0) is 18.4 Å². The number of anilines is 1. The van der Waals surface area contributed by atoms with E-state index in [2.05, 4.69) is 4.98 Å². The van der Waals surface area contributed by atoms with E-state index in [1.54, 1.807) is 6.20 Å². The normalized spacial score (nSPS) is 10.4. The number of benzene rings is 1. The summed E-state index contributed by atoms with van der Waals surface area (Å²) in [4.78, 5) is 17.1. The van der Waals surface area contributed by atoms with E-state index in [1.807, 2.05) is 53.0 Å². The van der Waals surface area contributed by atoms with Crippen molar-refractivity contribution in [2.45, 2.75) is 13.0 Å². The maximum atomic E-state index is 10.8. The summed E-state index contributed by atoms with van der Waals surface area (Å²) in [7, 11) is 1.93. The molecule has 1 N–H and O–H groups in total. The number of aromatic nitrogens is 2. The van der Waals surface area contributed by atoms with Crippen molar-refractivity contribution >= 4 is 11.7 Å². The van der Waals surface area contributed by atoms with Gasteiger partial charge >= 0.3 is 5.97 Å². The van der Waals surface area contributed by atoms with E-state index in [-0.39, 0.29) is 6.42 Å².